The molecule has 0 spiro atoms. The minimum absolute atomic E-state index is 0.291. The molecule has 1 saturated heterocycles. The zero-order chi connectivity index (χ0) is 11.5. The molecule has 1 atom stereocenters. The molecule has 0 aromatic carbocycles. The predicted octanol–water partition coefficient (Wildman–Crippen LogP) is 1.10. The molecule has 2 heterocycles. The molecule has 2 rings (SSSR count). The molecule has 0 unspecified atom stereocenters. The lowest BCUT2D eigenvalue weighted by Gasteiger charge is -2.31. The molecule has 0 radical (unpaired) electrons. The van der Waals surface area contributed by atoms with Crippen LogP contribution in [0.2, 0.25) is 5.02 Å². The van der Waals surface area contributed by atoms with Crippen LogP contribution in [0.25, 0.3) is 0 Å². The van der Waals surface area contributed by atoms with Gasteiger partial charge in [0, 0.05) is 13.1 Å². The van der Waals surface area contributed by atoms with Crippen LogP contribution in [0.5, 0.6) is 6.01 Å². The van der Waals surface area contributed by atoms with Gasteiger partial charge in [-0.05, 0) is 12.8 Å². The smallest absolute Gasteiger partial charge is 0.318 e. The number of hydrogen-bond donors (Lipinski definition) is 1. The molecule has 1 aromatic heterocycles. The van der Waals surface area contributed by atoms with Crippen LogP contribution < -0.4 is 9.64 Å². The van der Waals surface area contributed by atoms with E-state index in [9.17, 15) is 5.11 Å². The minimum Gasteiger partial charge on any atom is -0.467 e. The van der Waals surface area contributed by atoms with Crippen LogP contribution >= 0.6 is 11.6 Å². The summed E-state index contributed by atoms with van der Waals surface area (Å²) in [6, 6.07) is 0.291. The Morgan fingerprint density at radius 3 is 3.12 bits per heavy atom. The monoisotopic (exact) mass is 243 g/mol. The van der Waals surface area contributed by atoms with Crippen LogP contribution in [0.3, 0.4) is 0 Å². The average Bonchev–Trinajstić information content (AvgIpc) is 2.30. The number of aliphatic hydroxyl groups excluding tert-OH is 1. The molecule has 0 saturated carbocycles. The maximum atomic E-state index is 9.60. The van der Waals surface area contributed by atoms with E-state index in [2.05, 4.69) is 9.97 Å². The molecule has 1 N–H and O–H groups in total. The topological polar surface area (TPSA) is 58.5 Å². The number of rotatable bonds is 2. The van der Waals surface area contributed by atoms with Gasteiger partial charge < -0.3 is 14.7 Å². The van der Waals surface area contributed by atoms with Crippen molar-refractivity contribution in [2.24, 2.45) is 0 Å². The van der Waals surface area contributed by atoms with E-state index >= 15 is 0 Å². The number of β-amino-alcohol motifs (C(OH)–C–C–N with tert-alkyl or cyclic N) is 1. The average molecular weight is 244 g/mol. The fraction of sp³-hybridized carbons (Fsp3) is 0.600. The fourth-order valence-electron chi connectivity index (χ4n) is 1.81. The molecule has 1 fully saturated rings. The van der Waals surface area contributed by atoms with Crippen molar-refractivity contribution in [3.63, 3.8) is 0 Å². The molecule has 1 aliphatic rings. The third kappa shape index (κ3) is 2.36. The summed E-state index contributed by atoms with van der Waals surface area (Å²) in [7, 11) is 1.51. The number of aliphatic hydroxyl groups is 1. The molecular formula is C10H14ClN3O2. The lowest BCUT2D eigenvalue weighted by atomic mass is 10.1. The highest BCUT2D eigenvalue weighted by Gasteiger charge is 2.21. The summed E-state index contributed by atoms with van der Waals surface area (Å²) in [4.78, 5) is 10.1. The van der Waals surface area contributed by atoms with Gasteiger partial charge in [0.15, 0.2) is 5.82 Å². The lowest BCUT2D eigenvalue weighted by Crippen LogP contribution is -2.38. The van der Waals surface area contributed by atoms with Crippen molar-refractivity contribution in [2.75, 3.05) is 25.1 Å². The summed E-state index contributed by atoms with van der Waals surface area (Å²) in [6.45, 7) is 1.40. The molecule has 5 nitrogen and oxygen atoms in total. The molecule has 0 bridgehead atoms. The maximum absolute atomic E-state index is 9.60. The van der Waals surface area contributed by atoms with Gasteiger partial charge in [-0.15, -0.1) is 0 Å². The number of anilines is 1. The van der Waals surface area contributed by atoms with Gasteiger partial charge in [-0.25, -0.2) is 4.98 Å². The van der Waals surface area contributed by atoms with E-state index in [0.717, 1.165) is 19.4 Å². The molecule has 1 aromatic rings. The summed E-state index contributed by atoms with van der Waals surface area (Å²) in [6.07, 6.45) is 2.97. The first kappa shape index (κ1) is 11.4. The number of methoxy groups -OCH3 is 1. The van der Waals surface area contributed by atoms with Crippen molar-refractivity contribution < 1.29 is 9.84 Å². The van der Waals surface area contributed by atoms with E-state index in [1.807, 2.05) is 4.90 Å². The van der Waals surface area contributed by atoms with Crippen molar-refractivity contribution >= 4 is 17.4 Å². The van der Waals surface area contributed by atoms with Crippen molar-refractivity contribution in [3.8, 4) is 6.01 Å². The molecule has 0 amide bonds. The molecular weight excluding hydrogens is 230 g/mol. The van der Waals surface area contributed by atoms with Gasteiger partial charge in [0.25, 0.3) is 0 Å². The van der Waals surface area contributed by atoms with Crippen LogP contribution in [0.15, 0.2) is 6.20 Å². The number of aromatic nitrogens is 2. The number of nitrogens with zero attached hydrogens (tertiary/aromatic N) is 3. The highest BCUT2D eigenvalue weighted by Crippen LogP contribution is 2.26. The number of hydrogen-bond acceptors (Lipinski definition) is 5. The van der Waals surface area contributed by atoms with Crippen LogP contribution in [-0.4, -0.2) is 41.4 Å². The third-order valence-electron chi connectivity index (χ3n) is 2.58. The Morgan fingerprint density at radius 1 is 1.62 bits per heavy atom. The second kappa shape index (κ2) is 4.84. The molecule has 1 aliphatic heterocycles. The quantitative estimate of drug-likeness (QED) is 0.843. The minimum atomic E-state index is -0.314. The molecule has 88 valence electrons. The largest absolute Gasteiger partial charge is 0.467 e. The van der Waals surface area contributed by atoms with Crippen LogP contribution in [0, 0.1) is 0 Å². The Kier molecular flexibility index (Phi) is 3.46. The highest BCUT2D eigenvalue weighted by molar-refractivity contribution is 6.32. The first-order valence-corrected chi connectivity index (χ1v) is 5.58. The SMILES string of the molecule is COc1ncc(Cl)c(N2CCC[C@H](O)C2)n1. The van der Waals surface area contributed by atoms with Gasteiger partial charge in [-0.3, -0.25) is 0 Å². The third-order valence-corrected chi connectivity index (χ3v) is 2.85. The van der Waals surface area contributed by atoms with E-state index in [1.165, 1.54) is 13.3 Å². The van der Waals surface area contributed by atoms with Crippen LogP contribution in [0.1, 0.15) is 12.8 Å². The summed E-state index contributed by atoms with van der Waals surface area (Å²) in [5.41, 5.74) is 0. The van der Waals surface area contributed by atoms with E-state index in [-0.39, 0.29) is 6.10 Å². The first-order chi connectivity index (χ1) is 7.70. The Balaban J connectivity index is 2.24. The normalized spacial score (nSPS) is 20.9. The fourth-order valence-corrected chi connectivity index (χ4v) is 2.02. The van der Waals surface area contributed by atoms with Gasteiger partial charge in [-0.1, -0.05) is 11.6 Å². The standard InChI is InChI=1S/C10H14ClN3O2/c1-16-10-12-5-8(11)9(13-10)14-4-2-3-7(15)6-14/h5,7,15H,2-4,6H2,1H3/t7-/m0/s1. The van der Waals surface area contributed by atoms with Crippen molar-refractivity contribution in [3.05, 3.63) is 11.2 Å². The summed E-state index contributed by atoms with van der Waals surface area (Å²) in [5.74, 6) is 0.632. The van der Waals surface area contributed by atoms with Crippen LogP contribution in [0.4, 0.5) is 5.82 Å². The second-order valence-electron chi connectivity index (χ2n) is 3.77. The Labute approximate surface area is 99.0 Å². The number of ether oxygens (including phenoxy) is 1. The Morgan fingerprint density at radius 2 is 2.44 bits per heavy atom. The summed E-state index contributed by atoms with van der Waals surface area (Å²) in [5, 5.41) is 10.1. The van der Waals surface area contributed by atoms with Gasteiger partial charge in [0.1, 0.15) is 5.02 Å². The second-order valence-corrected chi connectivity index (χ2v) is 4.18. The van der Waals surface area contributed by atoms with E-state index in [1.54, 1.807) is 0 Å². The van der Waals surface area contributed by atoms with Gasteiger partial charge in [0.05, 0.1) is 19.4 Å². The van der Waals surface area contributed by atoms with E-state index < -0.39 is 0 Å². The van der Waals surface area contributed by atoms with Crippen molar-refractivity contribution in [1.29, 1.82) is 0 Å². The molecule has 6 heteroatoms. The van der Waals surface area contributed by atoms with E-state index in [0.29, 0.717) is 23.4 Å². The van der Waals surface area contributed by atoms with Crippen molar-refractivity contribution in [2.45, 2.75) is 18.9 Å². The highest BCUT2D eigenvalue weighted by atomic mass is 35.5. The first-order valence-electron chi connectivity index (χ1n) is 5.20. The Hall–Kier alpha value is -1.07. The lowest BCUT2D eigenvalue weighted by molar-refractivity contribution is 0.153. The summed E-state index contributed by atoms with van der Waals surface area (Å²) < 4.78 is 4.96. The molecule has 0 aliphatic carbocycles. The van der Waals surface area contributed by atoms with Crippen molar-refractivity contribution in [1.82, 2.24) is 9.97 Å². The van der Waals surface area contributed by atoms with E-state index in [4.69, 9.17) is 16.3 Å². The number of piperidine rings is 1. The molecule has 16 heavy (non-hydrogen) atoms. The maximum Gasteiger partial charge on any atom is 0.318 e. The summed E-state index contributed by atoms with van der Waals surface area (Å²) >= 11 is 6.03. The predicted molar refractivity (Wildman–Crippen MR) is 61.0 cm³/mol. The van der Waals surface area contributed by atoms with Gasteiger partial charge >= 0.3 is 6.01 Å². The number of halogens is 1. The van der Waals surface area contributed by atoms with Gasteiger partial charge in [-0.2, -0.15) is 4.98 Å². The zero-order valence-electron chi connectivity index (χ0n) is 9.06. The van der Waals surface area contributed by atoms with Crippen LogP contribution in [-0.2, 0) is 0 Å². The van der Waals surface area contributed by atoms with Gasteiger partial charge in [0.2, 0.25) is 0 Å². The zero-order valence-corrected chi connectivity index (χ0v) is 9.81. The Bertz CT molecular complexity index is 375.